The van der Waals surface area contributed by atoms with Gasteiger partial charge >= 0.3 is 0 Å². The summed E-state index contributed by atoms with van der Waals surface area (Å²) in [4.78, 5) is 4.65. The van der Waals surface area contributed by atoms with E-state index in [2.05, 4.69) is 39.7 Å². The van der Waals surface area contributed by atoms with Crippen LogP contribution in [0.4, 0.5) is 0 Å². The van der Waals surface area contributed by atoms with E-state index in [0.29, 0.717) is 6.54 Å². The van der Waals surface area contributed by atoms with E-state index in [4.69, 9.17) is 5.73 Å². The van der Waals surface area contributed by atoms with Gasteiger partial charge < -0.3 is 5.73 Å². The second-order valence-electron chi connectivity index (χ2n) is 4.38. The van der Waals surface area contributed by atoms with Crippen LogP contribution in [0, 0.1) is 6.92 Å². The molecule has 0 aliphatic carbocycles. The molecule has 18 heavy (non-hydrogen) atoms. The number of aryl methyl sites for hydroxylation is 1. The number of rotatable bonds is 2. The molecule has 0 atom stereocenters. The maximum Gasteiger partial charge on any atom is 0.144 e. The highest BCUT2D eigenvalue weighted by atomic mass is 15.0. The lowest BCUT2D eigenvalue weighted by molar-refractivity contribution is 1.07. The second-order valence-corrected chi connectivity index (χ2v) is 4.38. The van der Waals surface area contributed by atoms with E-state index in [0.717, 1.165) is 28.2 Å². The normalized spacial score (nSPS) is 11.0. The summed E-state index contributed by atoms with van der Waals surface area (Å²) in [5.74, 6) is 0.978. The highest BCUT2D eigenvalue weighted by Crippen LogP contribution is 2.22. The van der Waals surface area contributed by atoms with Crippen molar-refractivity contribution in [2.75, 3.05) is 0 Å². The van der Waals surface area contributed by atoms with Crippen molar-refractivity contribution in [2.45, 2.75) is 13.5 Å². The average molecular weight is 237 g/mol. The van der Waals surface area contributed by atoms with Gasteiger partial charge in [0, 0.05) is 18.3 Å². The molecule has 0 radical (unpaired) electrons. The number of aromatic nitrogens is 2. The number of benzene rings is 1. The molecule has 0 bridgehead atoms. The fraction of sp³-hybridized carbons (Fsp3) is 0.133. The fourth-order valence-electron chi connectivity index (χ4n) is 2.19. The minimum Gasteiger partial charge on any atom is -0.326 e. The first-order chi connectivity index (χ1) is 8.79. The molecule has 0 aliphatic rings. The molecule has 3 nitrogen and oxygen atoms in total. The Labute approximate surface area is 106 Å². The van der Waals surface area contributed by atoms with Crippen LogP contribution >= 0.6 is 0 Å². The highest BCUT2D eigenvalue weighted by molar-refractivity contribution is 5.65. The van der Waals surface area contributed by atoms with Gasteiger partial charge in [0.1, 0.15) is 5.82 Å². The van der Waals surface area contributed by atoms with Crippen LogP contribution in [0.5, 0.6) is 0 Å². The van der Waals surface area contributed by atoms with Gasteiger partial charge in [0.15, 0.2) is 0 Å². The van der Waals surface area contributed by atoms with Crippen LogP contribution in [-0.4, -0.2) is 9.38 Å². The van der Waals surface area contributed by atoms with Gasteiger partial charge in [0.05, 0.1) is 11.2 Å². The molecule has 1 aromatic carbocycles. The molecule has 0 aliphatic heterocycles. The van der Waals surface area contributed by atoms with Crippen molar-refractivity contribution >= 4 is 5.52 Å². The summed E-state index contributed by atoms with van der Waals surface area (Å²) in [6, 6.07) is 14.4. The lowest BCUT2D eigenvalue weighted by Crippen LogP contribution is -1.96. The summed E-state index contributed by atoms with van der Waals surface area (Å²) >= 11 is 0. The standard InChI is InChI=1S/C15H15N3/c1-11-14-4-2-3-9-18(14)15(17-11)13-7-5-12(10-16)6-8-13/h2-9H,10,16H2,1H3. The third kappa shape index (κ3) is 1.69. The summed E-state index contributed by atoms with van der Waals surface area (Å²) in [5.41, 5.74) is 10.1. The topological polar surface area (TPSA) is 43.3 Å². The smallest absolute Gasteiger partial charge is 0.144 e. The zero-order chi connectivity index (χ0) is 12.5. The Morgan fingerprint density at radius 1 is 1.11 bits per heavy atom. The Bertz CT molecular complexity index is 681. The van der Waals surface area contributed by atoms with Gasteiger partial charge in [-0.1, -0.05) is 30.3 Å². The number of hydrogen-bond donors (Lipinski definition) is 1. The van der Waals surface area contributed by atoms with E-state index in [1.165, 1.54) is 0 Å². The van der Waals surface area contributed by atoms with Crippen LogP contribution in [0.15, 0.2) is 48.7 Å². The first kappa shape index (κ1) is 11.0. The Balaban J connectivity index is 2.18. The minimum atomic E-state index is 0.571. The van der Waals surface area contributed by atoms with E-state index in [9.17, 15) is 0 Å². The van der Waals surface area contributed by atoms with Crippen molar-refractivity contribution in [3.63, 3.8) is 0 Å². The summed E-state index contributed by atoms with van der Waals surface area (Å²) in [7, 11) is 0. The summed E-state index contributed by atoms with van der Waals surface area (Å²) in [5, 5.41) is 0. The molecule has 3 rings (SSSR count). The van der Waals surface area contributed by atoms with Crippen LogP contribution in [0.1, 0.15) is 11.3 Å². The number of fused-ring (bicyclic) bond motifs is 1. The van der Waals surface area contributed by atoms with Crippen LogP contribution in [0.2, 0.25) is 0 Å². The molecule has 90 valence electrons. The molecule has 2 aromatic heterocycles. The molecule has 0 saturated carbocycles. The quantitative estimate of drug-likeness (QED) is 0.744. The number of pyridine rings is 1. The lowest BCUT2D eigenvalue weighted by Gasteiger charge is -2.02. The first-order valence-electron chi connectivity index (χ1n) is 6.02. The zero-order valence-electron chi connectivity index (χ0n) is 10.3. The van der Waals surface area contributed by atoms with Gasteiger partial charge in [0.25, 0.3) is 0 Å². The van der Waals surface area contributed by atoms with Crippen LogP contribution < -0.4 is 5.73 Å². The van der Waals surface area contributed by atoms with Crippen molar-refractivity contribution < 1.29 is 0 Å². The number of nitrogens with zero attached hydrogens (tertiary/aromatic N) is 2. The van der Waals surface area contributed by atoms with Crippen LogP contribution in [-0.2, 0) is 6.54 Å². The second kappa shape index (κ2) is 4.27. The molecule has 0 saturated heterocycles. The van der Waals surface area contributed by atoms with Crippen molar-refractivity contribution in [3.05, 3.63) is 59.9 Å². The third-order valence-corrected chi connectivity index (χ3v) is 3.18. The molecular formula is C15H15N3. The Hall–Kier alpha value is -2.13. The molecule has 0 fully saturated rings. The van der Waals surface area contributed by atoms with E-state index in [1.54, 1.807) is 0 Å². The molecule has 0 spiro atoms. The highest BCUT2D eigenvalue weighted by Gasteiger charge is 2.08. The molecule has 0 amide bonds. The van der Waals surface area contributed by atoms with Gasteiger partial charge in [-0.05, 0) is 24.6 Å². The summed E-state index contributed by atoms with van der Waals surface area (Å²) in [6.07, 6.45) is 2.04. The van der Waals surface area contributed by atoms with Gasteiger partial charge in [-0.2, -0.15) is 0 Å². The number of nitrogens with two attached hydrogens (primary N) is 1. The molecule has 0 unspecified atom stereocenters. The summed E-state index contributed by atoms with van der Waals surface area (Å²) < 4.78 is 2.12. The molecule has 2 N–H and O–H groups in total. The fourth-order valence-corrected chi connectivity index (χ4v) is 2.19. The minimum absolute atomic E-state index is 0.571. The van der Waals surface area contributed by atoms with E-state index < -0.39 is 0 Å². The zero-order valence-corrected chi connectivity index (χ0v) is 10.3. The van der Waals surface area contributed by atoms with E-state index in [1.807, 2.05) is 25.3 Å². The Morgan fingerprint density at radius 2 is 1.89 bits per heavy atom. The monoisotopic (exact) mass is 237 g/mol. The SMILES string of the molecule is Cc1nc(-c2ccc(CN)cc2)n2ccccc12. The predicted molar refractivity (Wildman–Crippen MR) is 73.3 cm³/mol. The number of imidazole rings is 1. The van der Waals surface area contributed by atoms with E-state index >= 15 is 0 Å². The largest absolute Gasteiger partial charge is 0.326 e. The van der Waals surface area contributed by atoms with Crippen molar-refractivity contribution in [3.8, 4) is 11.4 Å². The van der Waals surface area contributed by atoms with Gasteiger partial charge in [-0.25, -0.2) is 4.98 Å². The van der Waals surface area contributed by atoms with E-state index in [-0.39, 0.29) is 0 Å². The molecule has 2 heterocycles. The van der Waals surface area contributed by atoms with Crippen molar-refractivity contribution in [2.24, 2.45) is 5.73 Å². The first-order valence-corrected chi connectivity index (χ1v) is 6.02. The van der Waals surface area contributed by atoms with Gasteiger partial charge in [0.2, 0.25) is 0 Å². The molecular weight excluding hydrogens is 222 g/mol. The number of hydrogen-bond acceptors (Lipinski definition) is 2. The molecule has 3 heteroatoms. The maximum atomic E-state index is 5.61. The Kier molecular flexibility index (Phi) is 2.61. The average Bonchev–Trinajstić information content (AvgIpc) is 2.77. The molecule has 3 aromatic rings. The van der Waals surface area contributed by atoms with Crippen molar-refractivity contribution in [1.82, 2.24) is 9.38 Å². The van der Waals surface area contributed by atoms with Gasteiger partial charge in [-0.15, -0.1) is 0 Å². The Morgan fingerprint density at radius 3 is 2.61 bits per heavy atom. The van der Waals surface area contributed by atoms with Crippen LogP contribution in [0.3, 0.4) is 0 Å². The summed E-state index contributed by atoms with van der Waals surface area (Å²) in [6.45, 7) is 2.61. The van der Waals surface area contributed by atoms with Crippen molar-refractivity contribution in [1.29, 1.82) is 0 Å². The van der Waals surface area contributed by atoms with Gasteiger partial charge in [-0.3, -0.25) is 4.40 Å². The predicted octanol–water partition coefficient (Wildman–Crippen LogP) is 2.77. The maximum absolute atomic E-state index is 5.61. The third-order valence-electron chi connectivity index (χ3n) is 3.18. The van der Waals surface area contributed by atoms with Crippen LogP contribution in [0.25, 0.3) is 16.9 Å². The lowest BCUT2D eigenvalue weighted by atomic mass is 10.1.